The molecule has 0 radical (unpaired) electrons. The van der Waals surface area contributed by atoms with Crippen molar-refractivity contribution in [3.8, 4) is 17.2 Å². The van der Waals surface area contributed by atoms with Gasteiger partial charge in [-0.2, -0.15) is 5.10 Å². The quantitative estimate of drug-likeness (QED) is 0.778. The van der Waals surface area contributed by atoms with E-state index in [1.165, 1.54) is 4.68 Å². The molecular weight excluding hydrogens is 308 g/mol. The van der Waals surface area contributed by atoms with E-state index >= 15 is 0 Å². The fraction of sp³-hybridized carbons (Fsp3) is 0.444. The molecule has 2 aromatic rings. The molecule has 130 valence electrons. The number of carbonyl (C=O) groups excluding carboxylic acids is 1. The zero-order chi connectivity index (χ0) is 17.7. The zero-order valence-electron chi connectivity index (χ0n) is 14.9. The van der Waals surface area contributed by atoms with Crippen LogP contribution in [0.3, 0.4) is 0 Å². The third-order valence-corrected chi connectivity index (χ3v) is 3.36. The molecule has 1 heterocycles. The fourth-order valence-corrected chi connectivity index (χ4v) is 2.47. The van der Waals surface area contributed by atoms with E-state index < -0.39 is 0 Å². The van der Waals surface area contributed by atoms with Gasteiger partial charge in [-0.3, -0.25) is 4.79 Å². The normalized spacial score (nSPS) is 10.5. The van der Waals surface area contributed by atoms with Gasteiger partial charge >= 0.3 is 0 Å². The van der Waals surface area contributed by atoms with E-state index in [4.69, 9.17) is 14.2 Å². The largest absolute Gasteiger partial charge is 0.490 e. The van der Waals surface area contributed by atoms with Crippen molar-refractivity contribution in [2.45, 2.75) is 34.6 Å². The first-order valence-corrected chi connectivity index (χ1v) is 8.16. The molecule has 0 aliphatic rings. The SMILES string of the molecule is CCOc1cc(C(=O)n2nc(C)cc2C)cc(OCC)c1OCC. The van der Waals surface area contributed by atoms with Crippen LogP contribution >= 0.6 is 0 Å². The van der Waals surface area contributed by atoms with E-state index in [1.54, 1.807) is 12.1 Å². The van der Waals surface area contributed by atoms with Crippen molar-refractivity contribution >= 4 is 5.91 Å². The van der Waals surface area contributed by atoms with Crippen LogP contribution in [-0.2, 0) is 0 Å². The highest BCUT2D eigenvalue weighted by Gasteiger charge is 2.20. The minimum Gasteiger partial charge on any atom is -0.490 e. The molecule has 6 nitrogen and oxygen atoms in total. The number of carbonyl (C=O) groups is 1. The van der Waals surface area contributed by atoms with Gasteiger partial charge in [0.05, 0.1) is 25.5 Å². The molecule has 0 saturated heterocycles. The molecule has 0 aliphatic carbocycles. The average Bonchev–Trinajstić information content (AvgIpc) is 2.88. The smallest absolute Gasteiger partial charge is 0.278 e. The van der Waals surface area contributed by atoms with Crippen LogP contribution in [0.4, 0.5) is 0 Å². The van der Waals surface area contributed by atoms with Gasteiger partial charge in [0.25, 0.3) is 5.91 Å². The van der Waals surface area contributed by atoms with Crippen molar-refractivity contribution in [3.05, 3.63) is 35.2 Å². The summed E-state index contributed by atoms with van der Waals surface area (Å²) in [5.74, 6) is 1.28. The number of nitrogens with zero attached hydrogens (tertiary/aromatic N) is 2. The van der Waals surface area contributed by atoms with E-state index in [1.807, 2.05) is 40.7 Å². The van der Waals surface area contributed by atoms with Gasteiger partial charge in [0, 0.05) is 11.3 Å². The van der Waals surface area contributed by atoms with E-state index in [0.717, 1.165) is 11.4 Å². The minimum atomic E-state index is -0.231. The molecular formula is C18H24N2O4. The van der Waals surface area contributed by atoms with Gasteiger partial charge in [0.2, 0.25) is 5.75 Å². The second-order valence-electron chi connectivity index (χ2n) is 5.24. The van der Waals surface area contributed by atoms with Crippen molar-refractivity contribution in [2.24, 2.45) is 0 Å². The molecule has 0 fully saturated rings. The first-order chi connectivity index (χ1) is 11.5. The summed E-state index contributed by atoms with van der Waals surface area (Å²) in [6, 6.07) is 5.21. The summed E-state index contributed by atoms with van der Waals surface area (Å²) in [6.45, 7) is 10.8. The summed E-state index contributed by atoms with van der Waals surface area (Å²) in [5, 5.41) is 4.25. The number of aromatic nitrogens is 2. The summed E-state index contributed by atoms with van der Waals surface area (Å²) < 4.78 is 18.3. The van der Waals surface area contributed by atoms with Gasteiger partial charge < -0.3 is 14.2 Å². The first kappa shape index (κ1) is 17.8. The highest BCUT2D eigenvalue weighted by molar-refractivity contribution is 5.97. The number of rotatable bonds is 7. The number of hydrogen-bond acceptors (Lipinski definition) is 5. The molecule has 1 aromatic heterocycles. The van der Waals surface area contributed by atoms with Crippen molar-refractivity contribution in [1.82, 2.24) is 9.78 Å². The molecule has 0 amide bonds. The maximum atomic E-state index is 12.8. The molecule has 6 heteroatoms. The van der Waals surface area contributed by atoms with Gasteiger partial charge in [0.1, 0.15) is 0 Å². The number of ether oxygens (including phenoxy) is 3. The predicted molar refractivity (Wildman–Crippen MR) is 91.4 cm³/mol. The molecule has 0 unspecified atom stereocenters. The Morgan fingerprint density at radius 1 is 0.958 bits per heavy atom. The monoisotopic (exact) mass is 332 g/mol. The maximum Gasteiger partial charge on any atom is 0.278 e. The fourth-order valence-electron chi connectivity index (χ4n) is 2.47. The average molecular weight is 332 g/mol. The van der Waals surface area contributed by atoms with Crippen LogP contribution in [0.1, 0.15) is 42.5 Å². The lowest BCUT2D eigenvalue weighted by atomic mass is 10.1. The third-order valence-electron chi connectivity index (χ3n) is 3.36. The lowest BCUT2D eigenvalue weighted by Gasteiger charge is -2.17. The van der Waals surface area contributed by atoms with Crippen molar-refractivity contribution in [1.29, 1.82) is 0 Å². The lowest BCUT2D eigenvalue weighted by Crippen LogP contribution is -2.16. The summed E-state index contributed by atoms with van der Waals surface area (Å²) >= 11 is 0. The van der Waals surface area contributed by atoms with E-state index in [0.29, 0.717) is 42.6 Å². The highest BCUT2D eigenvalue weighted by atomic mass is 16.5. The van der Waals surface area contributed by atoms with Crippen LogP contribution in [0.5, 0.6) is 17.2 Å². The molecule has 0 N–H and O–H groups in total. The van der Waals surface area contributed by atoms with Crippen LogP contribution in [0.15, 0.2) is 18.2 Å². The Bertz CT molecular complexity index is 695. The Labute approximate surface area is 142 Å². The van der Waals surface area contributed by atoms with Crippen LogP contribution < -0.4 is 14.2 Å². The van der Waals surface area contributed by atoms with E-state index in [2.05, 4.69) is 5.10 Å². The van der Waals surface area contributed by atoms with Crippen molar-refractivity contribution < 1.29 is 19.0 Å². The van der Waals surface area contributed by atoms with Crippen LogP contribution in [-0.4, -0.2) is 35.5 Å². The van der Waals surface area contributed by atoms with Crippen molar-refractivity contribution in [2.75, 3.05) is 19.8 Å². The highest BCUT2D eigenvalue weighted by Crippen LogP contribution is 2.39. The molecule has 0 bridgehead atoms. The molecule has 0 spiro atoms. The van der Waals surface area contributed by atoms with Gasteiger partial charge in [-0.1, -0.05) is 0 Å². The summed E-state index contributed by atoms with van der Waals surface area (Å²) in [7, 11) is 0. The predicted octanol–water partition coefficient (Wildman–Crippen LogP) is 3.38. The van der Waals surface area contributed by atoms with E-state index in [-0.39, 0.29) is 5.91 Å². The van der Waals surface area contributed by atoms with Crippen LogP contribution in [0, 0.1) is 13.8 Å². The summed E-state index contributed by atoms with van der Waals surface area (Å²) in [4.78, 5) is 12.8. The number of benzene rings is 1. The molecule has 1 aromatic carbocycles. The summed E-state index contributed by atoms with van der Waals surface area (Å²) in [6.07, 6.45) is 0. The Morgan fingerprint density at radius 3 is 1.92 bits per heavy atom. The van der Waals surface area contributed by atoms with Gasteiger partial charge in [-0.15, -0.1) is 0 Å². The molecule has 0 aliphatic heterocycles. The molecule has 2 rings (SSSR count). The van der Waals surface area contributed by atoms with Gasteiger partial charge in [-0.05, 0) is 52.8 Å². The standard InChI is InChI=1S/C18H24N2O4/c1-6-22-15-10-14(11-16(23-7-2)17(15)24-8-3)18(21)20-13(5)9-12(4)19-20/h9-11H,6-8H2,1-5H3. The van der Waals surface area contributed by atoms with E-state index in [9.17, 15) is 4.79 Å². The second-order valence-corrected chi connectivity index (χ2v) is 5.24. The Hall–Kier alpha value is -2.50. The van der Waals surface area contributed by atoms with Crippen LogP contribution in [0.25, 0.3) is 0 Å². The second kappa shape index (κ2) is 7.86. The maximum absolute atomic E-state index is 12.8. The lowest BCUT2D eigenvalue weighted by molar-refractivity contribution is 0.0941. The Balaban J connectivity index is 2.53. The van der Waals surface area contributed by atoms with Crippen molar-refractivity contribution in [3.63, 3.8) is 0 Å². The Kier molecular flexibility index (Phi) is 5.84. The minimum absolute atomic E-state index is 0.231. The van der Waals surface area contributed by atoms with Gasteiger partial charge in [0.15, 0.2) is 11.5 Å². The molecule has 0 saturated carbocycles. The third kappa shape index (κ3) is 3.69. The molecule has 0 atom stereocenters. The van der Waals surface area contributed by atoms with Gasteiger partial charge in [-0.25, -0.2) is 4.68 Å². The first-order valence-electron chi connectivity index (χ1n) is 8.16. The Morgan fingerprint density at radius 2 is 1.50 bits per heavy atom. The topological polar surface area (TPSA) is 62.6 Å². The number of aryl methyl sites for hydroxylation is 2. The van der Waals surface area contributed by atoms with Crippen LogP contribution in [0.2, 0.25) is 0 Å². The summed E-state index contributed by atoms with van der Waals surface area (Å²) in [5.41, 5.74) is 2.01. The number of hydrogen-bond donors (Lipinski definition) is 0. The molecule has 24 heavy (non-hydrogen) atoms. The zero-order valence-corrected chi connectivity index (χ0v) is 14.9.